The second kappa shape index (κ2) is 9.01. The molecule has 8 heteroatoms. The standard InChI is InChI=1S/C21H24N4O4/c1-13-9-19(23-15-11-17(27-3)20(29-5)18(12-15)28-4)25-21(22-13)24-14-7-6-8-16(10-14)26-2/h6-12H,1-5H3,(H2,22,23,24,25). The summed E-state index contributed by atoms with van der Waals surface area (Å²) in [5, 5.41) is 6.46. The van der Waals surface area contributed by atoms with Crippen molar-refractivity contribution in [2.75, 3.05) is 39.1 Å². The molecule has 2 aromatic carbocycles. The maximum absolute atomic E-state index is 5.40. The summed E-state index contributed by atoms with van der Waals surface area (Å²) < 4.78 is 21.4. The molecule has 0 spiro atoms. The fourth-order valence-electron chi connectivity index (χ4n) is 2.82. The van der Waals surface area contributed by atoms with E-state index in [4.69, 9.17) is 18.9 Å². The van der Waals surface area contributed by atoms with E-state index in [0.717, 1.165) is 22.8 Å². The van der Waals surface area contributed by atoms with Gasteiger partial charge in [-0.05, 0) is 19.1 Å². The van der Waals surface area contributed by atoms with E-state index in [1.807, 2.05) is 49.4 Å². The van der Waals surface area contributed by atoms with Crippen LogP contribution in [0.2, 0.25) is 0 Å². The van der Waals surface area contributed by atoms with Gasteiger partial charge in [-0.15, -0.1) is 0 Å². The van der Waals surface area contributed by atoms with Gasteiger partial charge in [-0.1, -0.05) is 6.07 Å². The SMILES string of the molecule is COc1cccc(Nc2nc(C)cc(Nc3cc(OC)c(OC)c(OC)c3)n2)c1. The molecule has 0 saturated heterocycles. The first-order chi connectivity index (χ1) is 14.1. The molecule has 0 unspecified atom stereocenters. The summed E-state index contributed by atoms with van der Waals surface area (Å²) >= 11 is 0. The van der Waals surface area contributed by atoms with Gasteiger partial charge in [0.1, 0.15) is 11.6 Å². The zero-order valence-corrected chi connectivity index (χ0v) is 17.1. The smallest absolute Gasteiger partial charge is 0.229 e. The number of anilines is 4. The molecule has 1 heterocycles. The minimum Gasteiger partial charge on any atom is -0.497 e. The first-order valence-electron chi connectivity index (χ1n) is 8.90. The third-order valence-corrected chi connectivity index (χ3v) is 4.12. The van der Waals surface area contributed by atoms with E-state index in [-0.39, 0.29) is 0 Å². The fraction of sp³-hybridized carbons (Fsp3) is 0.238. The van der Waals surface area contributed by atoms with Crippen LogP contribution in [-0.4, -0.2) is 38.4 Å². The summed E-state index contributed by atoms with van der Waals surface area (Å²) in [6, 6.07) is 13.0. The second-order valence-electron chi connectivity index (χ2n) is 6.11. The maximum Gasteiger partial charge on any atom is 0.229 e. The Kier molecular flexibility index (Phi) is 6.23. The lowest BCUT2D eigenvalue weighted by Gasteiger charge is -2.15. The van der Waals surface area contributed by atoms with Gasteiger partial charge >= 0.3 is 0 Å². The maximum atomic E-state index is 5.40. The summed E-state index contributed by atoms with van der Waals surface area (Å²) in [5.74, 6) is 3.47. The third kappa shape index (κ3) is 4.78. The van der Waals surface area contributed by atoms with Gasteiger partial charge in [0.2, 0.25) is 11.7 Å². The molecular weight excluding hydrogens is 372 g/mol. The van der Waals surface area contributed by atoms with Crippen molar-refractivity contribution in [1.82, 2.24) is 9.97 Å². The van der Waals surface area contributed by atoms with E-state index in [1.165, 1.54) is 0 Å². The van der Waals surface area contributed by atoms with Crippen molar-refractivity contribution in [3.63, 3.8) is 0 Å². The highest BCUT2D eigenvalue weighted by Crippen LogP contribution is 2.40. The Hall–Kier alpha value is -3.68. The van der Waals surface area contributed by atoms with Crippen LogP contribution in [0, 0.1) is 6.92 Å². The number of nitrogens with one attached hydrogen (secondary N) is 2. The fourth-order valence-corrected chi connectivity index (χ4v) is 2.82. The Balaban J connectivity index is 1.88. The van der Waals surface area contributed by atoms with Gasteiger partial charge in [-0.25, -0.2) is 4.98 Å². The lowest BCUT2D eigenvalue weighted by atomic mass is 10.2. The Morgan fingerprint density at radius 2 is 1.45 bits per heavy atom. The van der Waals surface area contributed by atoms with E-state index < -0.39 is 0 Å². The van der Waals surface area contributed by atoms with Crippen molar-refractivity contribution in [1.29, 1.82) is 0 Å². The number of hydrogen-bond donors (Lipinski definition) is 2. The minimum atomic E-state index is 0.466. The quantitative estimate of drug-likeness (QED) is 0.583. The second-order valence-corrected chi connectivity index (χ2v) is 6.11. The molecule has 0 fully saturated rings. The van der Waals surface area contributed by atoms with Crippen LogP contribution in [0.5, 0.6) is 23.0 Å². The molecule has 2 N–H and O–H groups in total. The van der Waals surface area contributed by atoms with Crippen molar-refractivity contribution in [3.8, 4) is 23.0 Å². The average molecular weight is 396 g/mol. The van der Waals surface area contributed by atoms with Crippen LogP contribution in [0.3, 0.4) is 0 Å². The number of hydrogen-bond acceptors (Lipinski definition) is 8. The topological polar surface area (TPSA) is 86.8 Å². The molecule has 0 bridgehead atoms. The van der Waals surface area contributed by atoms with Crippen LogP contribution in [0.1, 0.15) is 5.69 Å². The summed E-state index contributed by atoms with van der Waals surface area (Å²) in [7, 11) is 6.34. The van der Waals surface area contributed by atoms with E-state index in [0.29, 0.717) is 29.0 Å². The Bertz CT molecular complexity index is 969. The molecule has 0 radical (unpaired) electrons. The predicted octanol–water partition coefficient (Wildman–Crippen LogP) is 4.31. The lowest BCUT2D eigenvalue weighted by molar-refractivity contribution is 0.324. The Labute approximate surface area is 169 Å². The highest BCUT2D eigenvalue weighted by molar-refractivity contribution is 5.67. The first kappa shape index (κ1) is 20.1. The van der Waals surface area contributed by atoms with E-state index in [1.54, 1.807) is 28.4 Å². The molecule has 3 aromatic rings. The molecule has 152 valence electrons. The molecule has 0 aliphatic heterocycles. The molecule has 0 saturated carbocycles. The molecule has 0 atom stereocenters. The van der Waals surface area contributed by atoms with Crippen molar-refractivity contribution in [2.24, 2.45) is 0 Å². The van der Waals surface area contributed by atoms with E-state index in [9.17, 15) is 0 Å². The number of aromatic nitrogens is 2. The Morgan fingerprint density at radius 1 is 0.724 bits per heavy atom. The van der Waals surface area contributed by atoms with Crippen LogP contribution < -0.4 is 29.6 Å². The van der Waals surface area contributed by atoms with Gasteiger partial charge < -0.3 is 29.6 Å². The monoisotopic (exact) mass is 396 g/mol. The summed E-state index contributed by atoms with van der Waals surface area (Å²) in [4.78, 5) is 8.99. The van der Waals surface area contributed by atoms with Crippen molar-refractivity contribution < 1.29 is 18.9 Å². The van der Waals surface area contributed by atoms with Crippen molar-refractivity contribution in [3.05, 3.63) is 48.2 Å². The number of benzene rings is 2. The zero-order valence-electron chi connectivity index (χ0n) is 17.1. The predicted molar refractivity (Wildman–Crippen MR) is 112 cm³/mol. The normalized spacial score (nSPS) is 10.2. The zero-order chi connectivity index (χ0) is 20.8. The highest BCUT2D eigenvalue weighted by atomic mass is 16.5. The molecular formula is C21H24N4O4. The Morgan fingerprint density at radius 3 is 2.07 bits per heavy atom. The van der Waals surface area contributed by atoms with Gasteiger partial charge in [-0.3, -0.25) is 0 Å². The van der Waals surface area contributed by atoms with Crippen LogP contribution >= 0.6 is 0 Å². The lowest BCUT2D eigenvalue weighted by Crippen LogP contribution is -2.03. The molecule has 8 nitrogen and oxygen atoms in total. The minimum absolute atomic E-state index is 0.466. The largest absolute Gasteiger partial charge is 0.497 e. The summed E-state index contributed by atoms with van der Waals surface area (Å²) in [6.45, 7) is 1.90. The molecule has 0 aliphatic rings. The van der Waals surface area contributed by atoms with Gasteiger partial charge in [0.15, 0.2) is 11.5 Å². The highest BCUT2D eigenvalue weighted by Gasteiger charge is 2.14. The van der Waals surface area contributed by atoms with Gasteiger partial charge in [0, 0.05) is 41.3 Å². The first-order valence-corrected chi connectivity index (χ1v) is 8.90. The van der Waals surface area contributed by atoms with Gasteiger partial charge in [0.05, 0.1) is 28.4 Å². The average Bonchev–Trinajstić information content (AvgIpc) is 2.72. The van der Waals surface area contributed by atoms with Crippen LogP contribution in [0.4, 0.5) is 23.1 Å². The summed E-state index contributed by atoms with van der Waals surface area (Å²) in [5.41, 5.74) is 2.37. The molecule has 0 aliphatic carbocycles. The number of rotatable bonds is 8. The molecule has 1 aromatic heterocycles. The van der Waals surface area contributed by atoms with Crippen LogP contribution in [-0.2, 0) is 0 Å². The van der Waals surface area contributed by atoms with E-state index >= 15 is 0 Å². The number of nitrogens with zero attached hydrogens (tertiary/aromatic N) is 2. The summed E-state index contributed by atoms with van der Waals surface area (Å²) in [6.07, 6.45) is 0. The van der Waals surface area contributed by atoms with E-state index in [2.05, 4.69) is 20.6 Å². The van der Waals surface area contributed by atoms with Gasteiger partial charge in [0.25, 0.3) is 0 Å². The van der Waals surface area contributed by atoms with Crippen molar-refractivity contribution >= 4 is 23.1 Å². The number of aryl methyl sites for hydroxylation is 1. The number of methoxy groups -OCH3 is 4. The van der Waals surface area contributed by atoms with Gasteiger partial charge in [-0.2, -0.15) is 4.98 Å². The van der Waals surface area contributed by atoms with Crippen molar-refractivity contribution in [2.45, 2.75) is 6.92 Å². The van der Waals surface area contributed by atoms with Crippen LogP contribution in [0.25, 0.3) is 0 Å². The number of ether oxygens (including phenoxy) is 4. The van der Waals surface area contributed by atoms with Crippen LogP contribution in [0.15, 0.2) is 42.5 Å². The third-order valence-electron chi connectivity index (χ3n) is 4.12. The molecule has 3 rings (SSSR count). The molecule has 0 amide bonds. The molecule has 29 heavy (non-hydrogen) atoms.